The number of carbonyl (C=O) groups is 3. The average Bonchev–Trinajstić information content (AvgIpc) is 2.56. The van der Waals surface area contributed by atoms with Crippen LogP contribution in [0.1, 0.15) is 50.4 Å². The largest absolute Gasteiger partial charge is 0.480 e. The normalized spacial score (nSPS) is 13.2. The van der Waals surface area contributed by atoms with Crippen LogP contribution in [0, 0.1) is 6.92 Å². The maximum Gasteiger partial charge on any atom is 0.410 e. The molecule has 2 N–H and O–H groups in total. The fraction of sp³-hybridized carbons (Fsp3) is 0.476. The second kappa shape index (κ2) is 9.39. The Morgan fingerprint density at radius 3 is 2.43 bits per heavy atom. The minimum Gasteiger partial charge on any atom is -0.480 e. The molecule has 0 heterocycles. The van der Waals surface area contributed by atoms with E-state index in [4.69, 9.17) is 9.84 Å². The van der Waals surface area contributed by atoms with Gasteiger partial charge in [0.2, 0.25) is 5.91 Å². The van der Waals surface area contributed by atoms with Gasteiger partial charge in [-0.15, -0.1) is 6.58 Å². The molecule has 0 unspecified atom stereocenters. The van der Waals surface area contributed by atoms with Crippen LogP contribution in [-0.2, 0) is 20.7 Å². The maximum absolute atomic E-state index is 12.9. The van der Waals surface area contributed by atoms with Crippen molar-refractivity contribution in [3.63, 3.8) is 0 Å². The molecule has 1 aromatic carbocycles. The van der Waals surface area contributed by atoms with Crippen molar-refractivity contribution in [3.05, 3.63) is 47.5 Å². The van der Waals surface area contributed by atoms with E-state index in [-0.39, 0.29) is 0 Å². The highest BCUT2D eigenvalue weighted by molar-refractivity contribution is 5.90. The van der Waals surface area contributed by atoms with Gasteiger partial charge in [0.15, 0.2) is 0 Å². The number of nitrogens with zero attached hydrogens (tertiary/aromatic N) is 1. The van der Waals surface area contributed by atoms with Crippen molar-refractivity contribution in [2.75, 3.05) is 7.05 Å². The molecule has 0 bridgehead atoms. The number of benzene rings is 1. The lowest BCUT2D eigenvalue weighted by atomic mass is 9.97. The Bertz CT molecular complexity index is 752. The Balaban J connectivity index is 3.33. The van der Waals surface area contributed by atoms with Gasteiger partial charge in [0, 0.05) is 7.05 Å². The van der Waals surface area contributed by atoms with Crippen molar-refractivity contribution < 1.29 is 24.2 Å². The summed E-state index contributed by atoms with van der Waals surface area (Å²) in [5.41, 5.74) is 1.82. The molecule has 7 heteroatoms. The van der Waals surface area contributed by atoms with Crippen LogP contribution in [0.2, 0.25) is 0 Å². The van der Waals surface area contributed by atoms with Gasteiger partial charge in [-0.1, -0.05) is 24.3 Å². The Labute approximate surface area is 166 Å². The van der Waals surface area contributed by atoms with Gasteiger partial charge in [0.25, 0.3) is 0 Å². The summed E-state index contributed by atoms with van der Waals surface area (Å²) in [7, 11) is 1.46. The molecule has 0 saturated heterocycles. The van der Waals surface area contributed by atoms with E-state index in [9.17, 15) is 14.4 Å². The van der Waals surface area contributed by atoms with Crippen LogP contribution in [0.15, 0.2) is 30.9 Å². The Kier molecular flexibility index (Phi) is 7.78. The van der Waals surface area contributed by atoms with Crippen LogP contribution in [0.25, 0.3) is 0 Å². The number of nitrogens with one attached hydrogen (secondary N) is 1. The predicted molar refractivity (Wildman–Crippen MR) is 107 cm³/mol. The van der Waals surface area contributed by atoms with Crippen LogP contribution >= 0.6 is 0 Å². The number of hydrogen-bond acceptors (Lipinski definition) is 4. The average molecular weight is 390 g/mol. The number of likely N-dealkylation sites (N-methyl/N-ethyl adjacent to an activating group) is 1. The smallest absolute Gasteiger partial charge is 0.410 e. The van der Waals surface area contributed by atoms with Crippen molar-refractivity contribution in [1.82, 2.24) is 10.2 Å². The van der Waals surface area contributed by atoms with E-state index < -0.39 is 35.7 Å². The van der Waals surface area contributed by atoms with Gasteiger partial charge in [-0.2, -0.15) is 0 Å². The van der Waals surface area contributed by atoms with Gasteiger partial charge in [0.05, 0.1) is 0 Å². The summed E-state index contributed by atoms with van der Waals surface area (Å²) in [4.78, 5) is 37.8. The lowest BCUT2D eigenvalue weighted by Gasteiger charge is -2.31. The summed E-state index contributed by atoms with van der Waals surface area (Å²) in [6.45, 7) is 12.2. The molecule has 0 aliphatic heterocycles. The molecule has 0 radical (unpaired) electrons. The molecule has 7 nitrogen and oxygen atoms in total. The molecule has 0 fully saturated rings. The third-order valence-electron chi connectivity index (χ3n) is 4.10. The first-order valence-electron chi connectivity index (χ1n) is 9.06. The monoisotopic (exact) mass is 390 g/mol. The number of hydrogen-bond donors (Lipinski definition) is 2. The van der Waals surface area contributed by atoms with E-state index in [1.807, 2.05) is 19.1 Å². The van der Waals surface area contributed by atoms with Gasteiger partial charge in [-0.05, 0) is 57.7 Å². The summed E-state index contributed by atoms with van der Waals surface area (Å²) >= 11 is 0. The first-order chi connectivity index (χ1) is 12.9. The Hall–Kier alpha value is -2.83. The van der Waals surface area contributed by atoms with Crippen molar-refractivity contribution in [2.24, 2.45) is 0 Å². The molecule has 2 amide bonds. The maximum atomic E-state index is 12.9. The number of ether oxygens (including phenoxy) is 1. The zero-order valence-corrected chi connectivity index (χ0v) is 17.4. The topological polar surface area (TPSA) is 95.9 Å². The summed E-state index contributed by atoms with van der Waals surface area (Å²) in [6.07, 6.45) is 1.68. The molecule has 28 heavy (non-hydrogen) atoms. The standard InChI is InChI=1S/C21H30N2O5/c1-8-9-15-12-16(11-10-13(15)2)17(18(24)22-14(3)19(25)26)23(7)20(27)28-21(4,5)6/h8,10-12,14,17H,1,9H2,2-7H3,(H,22,24)(H,25,26)/t14-,17-/m0/s1. The fourth-order valence-electron chi connectivity index (χ4n) is 2.58. The molecular weight excluding hydrogens is 360 g/mol. The first-order valence-corrected chi connectivity index (χ1v) is 9.06. The highest BCUT2D eigenvalue weighted by Gasteiger charge is 2.33. The highest BCUT2D eigenvalue weighted by atomic mass is 16.6. The van der Waals surface area contributed by atoms with Crippen LogP contribution < -0.4 is 5.32 Å². The van der Waals surface area contributed by atoms with Crippen molar-refractivity contribution >= 4 is 18.0 Å². The summed E-state index contributed by atoms with van der Waals surface area (Å²) in [5, 5.41) is 11.5. The second-order valence-corrected chi connectivity index (χ2v) is 7.74. The third-order valence-corrected chi connectivity index (χ3v) is 4.10. The predicted octanol–water partition coefficient (Wildman–Crippen LogP) is 3.22. The Morgan fingerprint density at radius 1 is 1.32 bits per heavy atom. The minimum absolute atomic E-state index is 0.561. The van der Waals surface area contributed by atoms with Gasteiger partial charge < -0.3 is 15.2 Å². The summed E-state index contributed by atoms with van der Waals surface area (Å²) < 4.78 is 5.38. The SMILES string of the molecule is C=CCc1cc([C@@H](C(=O)N[C@@H](C)C(=O)O)N(C)C(=O)OC(C)(C)C)ccc1C. The number of carboxylic acids is 1. The van der Waals surface area contributed by atoms with Crippen LogP contribution in [-0.4, -0.2) is 46.7 Å². The fourth-order valence-corrected chi connectivity index (χ4v) is 2.58. The zero-order chi connectivity index (χ0) is 21.6. The van der Waals surface area contributed by atoms with Gasteiger partial charge in [-0.25, -0.2) is 4.79 Å². The van der Waals surface area contributed by atoms with Crippen molar-refractivity contribution in [3.8, 4) is 0 Å². The number of aryl methyl sites for hydroxylation is 1. The second-order valence-electron chi connectivity index (χ2n) is 7.74. The molecule has 1 aromatic rings. The lowest BCUT2D eigenvalue weighted by Crippen LogP contribution is -2.47. The lowest BCUT2D eigenvalue weighted by molar-refractivity contribution is -0.142. The molecule has 0 saturated carbocycles. The number of aliphatic carboxylic acids is 1. The van der Waals surface area contributed by atoms with Crippen LogP contribution in [0.3, 0.4) is 0 Å². The first kappa shape index (κ1) is 23.2. The van der Waals surface area contributed by atoms with Gasteiger partial charge in [0.1, 0.15) is 17.7 Å². The molecule has 0 aliphatic carbocycles. The van der Waals surface area contributed by atoms with Crippen LogP contribution in [0.4, 0.5) is 4.79 Å². The zero-order valence-electron chi connectivity index (χ0n) is 17.4. The molecule has 0 aliphatic rings. The number of allylic oxidation sites excluding steroid dienone is 1. The van der Waals surface area contributed by atoms with Crippen LogP contribution in [0.5, 0.6) is 0 Å². The molecule has 1 rings (SSSR count). The van der Waals surface area contributed by atoms with E-state index >= 15 is 0 Å². The summed E-state index contributed by atoms with van der Waals surface area (Å²) in [6, 6.07) is 3.30. The van der Waals surface area contributed by atoms with Gasteiger partial charge >= 0.3 is 12.1 Å². The molecule has 0 aromatic heterocycles. The van der Waals surface area contributed by atoms with Gasteiger partial charge in [-0.3, -0.25) is 14.5 Å². The quantitative estimate of drug-likeness (QED) is 0.697. The van der Waals surface area contributed by atoms with E-state index in [0.717, 1.165) is 11.1 Å². The molecular formula is C21H30N2O5. The number of carbonyl (C=O) groups excluding carboxylic acids is 2. The molecule has 154 valence electrons. The van der Waals surface area contributed by atoms with E-state index in [0.29, 0.717) is 12.0 Å². The molecule has 0 spiro atoms. The van der Waals surface area contributed by atoms with E-state index in [1.54, 1.807) is 32.9 Å². The number of rotatable bonds is 7. The number of carboxylic acid groups (broad SMARTS) is 1. The summed E-state index contributed by atoms with van der Waals surface area (Å²) in [5.74, 6) is -1.76. The molecule has 2 atom stereocenters. The minimum atomic E-state index is -1.16. The number of amides is 2. The van der Waals surface area contributed by atoms with Crippen molar-refractivity contribution in [1.29, 1.82) is 0 Å². The Morgan fingerprint density at radius 2 is 1.93 bits per heavy atom. The van der Waals surface area contributed by atoms with E-state index in [1.165, 1.54) is 18.9 Å². The highest BCUT2D eigenvalue weighted by Crippen LogP contribution is 2.25. The van der Waals surface area contributed by atoms with E-state index in [2.05, 4.69) is 11.9 Å². The third kappa shape index (κ3) is 6.40. The van der Waals surface area contributed by atoms with Crippen molar-refractivity contribution in [2.45, 2.75) is 58.7 Å².